The SMILES string of the molecule is CCCCCCCCOc1ccc(C(=O)Oc2ccc(C(=O)Oc3cc(O)c(OC(=O)c4ccc(OC(=O)c5ccc(OCCCCCCCC)cc5)cc4)cc3O)cc2)cc1. The van der Waals surface area contributed by atoms with Crippen LogP contribution < -0.4 is 28.4 Å². The minimum atomic E-state index is -0.885. The number of aromatic hydroxyl groups is 2. The Kier molecular flexibility index (Phi) is 18.2. The summed E-state index contributed by atoms with van der Waals surface area (Å²) in [4.78, 5) is 51.2. The Morgan fingerprint density at radius 1 is 0.371 bits per heavy atom. The van der Waals surface area contributed by atoms with Crippen LogP contribution in [0.25, 0.3) is 0 Å². The number of rotatable bonds is 24. The number of esters is 4. The molecule has 5 rings (SSSR count). The third-order valence-corrected chi connectivity index (χ3v) is 9.76. The van der Waals surface area contributed by atoms with Gasteiger partial charge in [-0.2, -0.15) is 0 Å². The van der Waals surface area contributed by atoms with Gasteiger partial charge in [-0.25, -0.2) is 19.2 Å². The number of benzene rings is 5. The van der Waals surface area contributed by atoms with Gasteiger partial charge in [0, 0.05) is 12.1 Å². The van der Waals surface area contributed by atoms with E-state index in [0.717, 1.165) is 37.8 Å². The van der Waals surface area contributed by atoms with E-state index in [9.17, 15) is 29.4 Å². The standard InChI is InChI=1S/C50H54O12/c1-3-5-7-9-11-13-31-57-39-23-15-35(16-24-39)47(53)59-41-27-19-37(20-28-41)49(55)61-45-33-44(52)46(34-43(45)51)62-50(56)38-21-29-42(30-22-38)60-48(54)36-17-25-40(26-18-36)58-32-14-12-10-8-6-4-2/h15-30,33-34,51-52H,3-14,31-32H2,1-2H3. The Balaban J connectivity index is 1.05. The van der Waals surface area contributed by atoms with Gasteiger partial charge in [-0.15, -0.1) is 0 Å². The van der Waals surface area contributed by atoms with Crippen molar-refractivity contribution in [2.45, 2.75) is 90.9 Å². The van der Waals surface area contributed by atoms with Crippen LogP contribution in [0.15, 0.2) is 109 Å². The lowest BCUT2D eigenvalue weighted by atomic mass is 10.1. The fourth-order valence-electron chi connectivity index (χ4n) is 6.19. The number of phenolic OH excluding ortho intramolecular Hbond substituents is 2. The van der Waals surface area contributed by atoms with E-state index in [1.807, 2.05) is 0 Å². The van der Waals surface area contributed by atoms with Crippen LogP contribution >= 0.6 is 0 Å². The van der Waals surface area contributed by atoms with Gasteiger partial charge in [0.1, 0.15) is 23.0 Å². The summed E-state index contributed by atoms with van der Waals surface area (Å²) in [6.07, 6.45) is 14.0. The molecule has 62 heavy (non-hydrogen) atoms. The maximum atomic E-state index is 12.9. The van der Waals surface area contributed by atoms with E-state index in [1.165, 1.54) is 99.9 Å². The lowest BCUT2D eigenvalue weighted by molar-refractivity contribution is 0.0710. The molecule has 326 valence electrons. The molecule has 2 N–H and O–H groups in total. The highest BCUT2D eigenvalue weighted by Crippen LogP contribution is 2.39. The van der Waals surface area contributed by atoms with Crippen molar-refractivity contribution >= 4 is 23.9 Å². The molecule has 0 saturated carbocycles. The molecule has 0 aliphatic rings. The van der Waals surface area contributed by atoms with E-state index in [0.29, 0.717) is 35.8 Å². The number of ether oxygens (including phenoxy) is 6. The summed E-state index contributed by atoms with van der Waals surface area (Å²) in [7, 11) is 0. The normalized spacial score (nSPS) is 10.7. The van der Waals surface area contributed by atoms with Gasteiger partial charge in [0.15, 0.2) is 23.0 Å². The van der Waals surface area contributed by atoms with Crippen LogP contribution in [-0.2, 0) is 0 Å². The van der Waals surface area contributed by atoms with E-state index >= 15 is 0 Å². The fourth-order valence-corrected chi connectivity index (χ4v) is 6.19. The number of hydrogen-bond acceptors (Lipinski definition) is 12. The monoisotopic (exact) mass is 846 g/mol. The summed E-state index contributed by atoms with van der Waals surface area (Å²) in [5.41, 5.74) is 0.759. The van der Waals surface area contributed by atoms with Gasteiger partial charge in [0.25, 0.3) is 0 Å². The van der Waals surface area contributed by atoms with Crippen molar-refractivity contribution in [3.8, 4) is 46.0 Å². The zero-order chi connectivity index (χ0) is 44.1. The van der Waals surface area contributed by atoms with Crippen LogP contribution in [0.4, 0.5) is 0 Å². The van der Waals surface area contributed by atoms with Crippen molar-refractivity contribution in [3.05, 3.63) is 131 Å². The minimum Gasteiger partial charge on any atom is -0.504 e. The molecule has 5 aromatic carbocycles. The summed E-state index contributed by atoms with van der Waals surface area (Å²) < 4.78 is 33.0. The number of carbonyl (C=O) groups excluding carboxylic acids is 4. The Bertz CT molecular complexity index is 2040. The average molecular weight is 847 g/mol. The smallest absolute Gasteiger partial charge is 0.343 e. The van der Waals surface area contributed by atoms with Crippen LogP contribution in [0, 0.1) is 0 Å². The number of carbonyl (C=O) groups is 4. The highest BCUT2D eigenvalue weighted by Gasteiger charge is 2.19. The van der Waals surface area contributed by atoms with Crippen LogP contribution in [0.3, 0.4) is 0 Å². The highest BCUT2D eigenvalue weighted by atomic mass is 16.6. The lowest BCUT2D eigenvalue weighted by Crippen LogP contribution is -2.11. The first-order valence-corrected chi connectivity index (χ1v) is 21.2. The second-order valence-electron chi connectivity index (χ2n) is 14.7. The second kappa shape index (κ2) is 24.4. The van der Waals surface area contributed by atoms with Crippen molar-refractivity contribution in [2.24, 2.45) is 0 Å². The molecular formula is C50H54O12. The van der Waals surface area contributed by atoms with Gasteiger partial charge < -0.3 is 38.6 Å². The first-order chi connectivity index (χ1) is 30.1. The molecule has 0 aliphatic heterocycles. The summed E-state index contributed by atoms with van der Waals surface area (Å²) in [5.74, 6) is -3.25. The number of unbranched alkanes of at least 4 members (excludes halogenated alkanes) is 10. The summed E-state index contributed by atoms with van der Waals surface area (Å²) in [5, 5.41) is 21.1. The number of phenols is 2. The molecule has 0 aliphatic carbocycles. The molecule has 0 spiro atoms. The first kappa shape index (κ1) is 46.2. The molecule has 12 heteroatoms. The molecule has 0 amide bonds. The molecule has 0 saturated heterocycles. The lowest BCUT2D eigenvalue weighted by Gasteiger charge is -2.11. The highest BCUT2D eigenvalue weighted by molar-refractivity contribution is 5.94. The van der Waals surface area contributed by atoms with Crippen molar-refractivity contribution < 1.29 is 57.8 Å². The van der Waals surface area contributed by atoms with Crippen LogP contribution in [0.2, 0.25) is 0 Å². The quantitative estimate of drug-likeness (QED) is 0.0262. The predicted molar refractivity (Wildman–Crippen MR) is 233 cm³/mol. The first-order valence-electron chi connectivity index (χ1n) is 21.2. The van der Waals surface area contributed by atoms with Crippen molar-refractivity contribution in [2.75, 3.05) is 13.2 Å². The molecule has 0 aromatic heterocycles. The fraction of sp³-hybridized carbons (Fsp3) is 0.320. The molecule has 0 atom stereocenters. The molecule has 0 heterocycles. The zero-order valence-corrected chi connectivity index (χ0v) is 35.3. The van der Waals surface area contributed by atoms with Gasteiger partial charge in [-0.05, 0) is 110 Å². The van der Waals surface area contributed by atoms with Crippen LogP contribution in [-0.4, -0.2) is 47.3 Å². The largest absolute Gasteiger partial charge is 0.504 e. The predicted octanol–water partition coefficient (Wildman–Crippen LogP) is 11.5. The van der Waals surface area contributed by atoms with E-state index in [1.54, 1.807) is 48.5 Å². The van der Waals surface area contributed by atoms with Crippen molar-refractivity contribution in [1.29, 1.82) is 0 Å². The Morgan fingerprint density at radius 3 is 0.968 bits per heavy atom. The van der Waals surface area contributed by atoms with Gasteiger partial charge in [0.2, 0.25) is 0 Å². The minimum absolute atomic E-state index is 0.0572. The number of hydrogen-bond donors (Lipinski definition) is 2. The van der Waals surface area contributed by atoms with Gasteiger partial charge >= 0.3 is 23.9 Å². The summed E-state index contributed by atoms with van der Waals surface area (Å²) in [6, 6.07) is 26.3. The van der Waals surface area contributed by atoms with E-state index < -0.39 is 46.9 Å². The Hall–Kier alpha value is -6.82. The third kappa shape index (κ3) is 14.7. The van der Waals surface area contributed by atoms with Crippen LogP contribution in [0.5, 0.6) is 46.0 Å². The maximum absolute atomic E-state index is 12.9. The topological polar surface area (TPSA) is 164 Å². The molecule has 12 nitrogen and oxygen atoms in total. The molecule has 0 bridgehead atoms. The van der Waals surface area contributed by atoms with Gasteiger partial charge in [0.05, 0.1) is 35.5 Å². The summed E-state index contributed by atoms with van der Waals surface area (Å²) in [6.45, 7) is 5.60. The van der Waals surface area contributed by atoms with Crippen molar-refractivity contribution in [1.82, 2.24) is 0 Å². The zero-order valence-electron chi connectivity index (χ0n) is 35.3. The maximum Gasteiger partial charge on any atom is 0.343 e. The molecule has 0 unspecified atom stereocenters. The van der Waals surface area contributed by atoms with Gasteiger partial charge in [-0.3, -0.25) is 0 Å². The van der Waals surface area contributed by atoms with Gasteiger partial charge in [-0.1, -0.05) is 78.1 Å². The molecule has 0 radical (unpaired) electrons. The molecule has 5 aromatic rings. The third-order valence-electron chi connectivity index (χ3n) is 9.76. The van der Waals surface area contributed by atoms with Crippen LogP contribution in [0.1, 0.15) is 132 Å². The summed E-state index contributed by atoms with van der Waals surface area (Å²) >= 11 is 0. The Morgan fingerprint density at radius 2 is 0.645 bits per heavy atom. The molecule has 0 fully saturated rings. The van der Waals surface area contributed by atoms with E-state index in [2.05, 4.69) is 13.8 Å². The van der Waals surface area contributed by atoms with E-state index in [-0.39, 0.29) is 22.6 Å². The molecular weight excluding hydrogens is 793 g/mol. The van der Waals surface area contributed by atoms with E-state index in [4.69, 9.17) is 28.4 Å². The van der Waals surface area contributed by atoms with Crippen molar-refractivity contribution in [3.63, 3.8) is 0 Å². The Labute approximate surface area is 362 Å². The second-order valence-corrected chi connectivity index (χ2v) is 14.7. The average Bonchev–Trinajstić information content (AvgIpc) is 3.28.